The van der Waals surface area contributed by atoms with Crippen LogP contribution in [0.5, 0.6) is 0 Å². The summed E-state index contributed by atoms with van der Waals surface area (Å²) in [4.78, 5) is 18.9. The van der Waals surface area contributed by atoms with E-state index in [1.807, 2.05) is 66.9 Å². The van der Waals surface area contributed by atoms with Gasteiger partial charge in [-0.1, -0.05) is 107 Å². The summed E-state index contributed by atoms with van der Waals surface area (Å²) in [6.45, 7) is 13.6. The van der Waals surface area contributed by atoms with Crippen LogP contribution in [0.3, 0.4) is 0 Å². The standard InChI is InChI=1S/C42H33N4O2.C14H16NSi.Ir/c1-23(2)31-20-27(26-12-7-6-8-13-26)21-32(24(3)4)38(31)46-35-17-10-9-16-34(35)44-40(46)30-15-11-14-29-37-36(47-39(29)30)22-33-28-19-18-25(5)43-41(28)48-42(33)45-37;1-16(2,3)13-9-10-14(15-11-13)12-7-5-4-6-8-12;/h6-14,16-24H,1-5H3;4-7,9-11H,1-3H3;/q2*-1;/i5D3;;. The molecule has 0 fully saturated rings. The molecule has 65 heavy (non-hydrogen) atoms. The molecule has 0 aliphatic carbocycles. The third-order valence-corrected chi connectivity index (χ3v) is 13.9. The van der Waals surface area contributed by atoms with Gasteiger partial charge in [-0.05, 0) is 99.7 Å². The Morgan fingerprint density at radius 1 is 0.662 bits per heavy atom. The van der Waals surface area contributed by atoms with Gasteiger partial charge in [0.05, 0.1) is 41.3 Å². The number of pyridine rings is 3. The van der Waals surface area contributed by atoms with E-state index in [1.165, 1.54) is 33.5 Å². The maximum absolute atomic E-state index is 7.76. The molecule has 0 spiro atoms. The van der Waals surface area contributed by atoms with Gasteiger partial charge in [0.15, 0.2) is 0 Å². The van der Waals surface area contributed by atoms with Crippen molar-refractivity contribution in [2.75, 3.05) is 0 Å². The van der Waals surface area contributed by atoms with Gasteiger partial charge in [0.1, 0.15) is 11.1 Å². The van der Waals surface area contributed by atoms with Crippen molar-refractivity contribution in [2.45, 2.75) is 66.0 Å². The summed E-state index contributed by atoms with van der Waals surface area (Å²) in [5.41, 5.74) is 13.0. The minimum absolute atomic E-state index is 0. The fourth-order valence-electron chi connectivity index (χ4n) is 8.47. The van der Waals surface area contributed by atoms with Crippen molar-refractivity contribution in [1.82, 2.24) is 24.5 Å². The molecule has 0 atom stereocenters. The fourth-order valence-corrected chi connectivity index (χ4v) is 9.51. The van der Waals surface area contributed by atoms with Crippen LogP contribution in [0.1, 0.15) is 60.5 Å². The van der Waals surface area contributed by atoms with E-state index in [2.05, 4.69) is 135 Å². The summed E-state index contributed by atoms with van der Waals surface area (Å²) < 4.78 is 38.3. The molecular weight excluding hydrogens is 995 g/mol. The molecule has 7 nitrogen and oxygen atoms in total. The molecule has 9 heteroatoms. The van der Waals surface area contributed by atoms with E-state index in [0.717, 1.165) is 44.8 Å². The van der Waals surface area contributed by atoms with Crippen LogP contribution in [0.4, 0.5) is 0 Å². The van der Waals surface area contributed by atoms with E-state index in [-0.39, 0.29) is 43.3 Å². The van der Waals surface area contributed by atoms with E-state index in [1.54, 1.807) is 6.07 Å². The molecule has 0 amide bonds. The zero-order chi connectivity index (χ0) is 46.8. The van der Waals surface area contributed by atoms with E-state index in [9.17, 15) is 0 Å². The van der Waals surface area contributed by atoms with Crippen LogP contribution in [0.2, 0.25) is 19.6 Å². The van der Waals surface area contributed by atoms with E-state index < -0.39 is 14.9 Å². The van der Waals surface area contributed by atoms with Gasteiger partial charge >= 0.3 is 0 Å². The van der Waals surface area contributed by atoms with Gasteiger partial charge in [-0.2, -0.15) is 0 Å². The number of para-hydroxylation sites is 2. The first-order valence-electron chi connectivity index (χ1n) is 23.3. The van der Waals surface area contributed by atoms with Crippen molar-refractivity contribution in [1.29, 1.82) is 0 Å². The number of hydrogen-bond acceptors (Lipinski definition) is 6. The predicted octanol–water partition coefficient (Wildman–Crippen LogP) is 14.4. The average molecular weight is 1050 g/mol. The molecule has 0 N–H and O–H groups in total. The number of imidazole rings is 1. The Morgan fingerprint density at radius 2 is 1.40 bits per heavy atom. The van der Waals surface area contributed by atoms with Crippen molar-refractivity contribution in [2.24, 2.45) is 0 Å². The molecule has 1 radical (unpaired) electrons. The second kappa shape index (κ2) is 17.5. The van der Waals surface area contributed by atoms with Crippen LogP contribution in [0.25, 0.3) is 94.8 Å². The Hall–Kier alpha value is -6.51. The first-order valence-corrected chi connectivity index (χ1v) is 25.3. The van der Waals surface area contributed by atoms with Crippen LogP contribution >= 0.6 is 0 Å². The van der Waals surface area contributed by atoms with Gasteiger partial charge < -0.3 is 18.4 Å². The zero-order valence-electron chi connectivity index (χ0n) is 40.3. The Balaban J connectivity index is 0.000000289. The summed E-state index contributed by atoms with van der Waals surface area (Å²) in [5.74, 6) is 1.18. The predicted molar refractivity (Wildman–Crippen MR) is 265 cm³/mol. The topological polar surface area (TPSA) is 82.8 Å². The Labute approximate surface area is 398 Å². The van der Waals surface area contributed by atoms with Gasteiger partial charge in [0.2, 0.25) is 11.4 Å². The summed E-state index contributed by atoms with van der Waals surface area (Å²) in [6, 6.07) is 51.3. The van der Waals surface area contributed by atoms with Gasteiger partial charge in [0, 0.05) is 41.8 Å². The van der Waals surface area contributed by atoms with Crippen LogP contribution in [0, 0.1) is 19.0 Å². The number of hydrogen-bond donors (Lipinski definition) is 0. The number of fused-ring (bicyclic) bond motifs is 7. The monoisotopic (exact) mass is 1050 g/mol. The SMILES string of the molecule is C[Si](C)(C)c1ccc(-c2[c-]cccc2)nc1.[2H]C([2H])([2H])c1ccc2c(n1)oc1nc3c(cc12)oc1c(-c2nc4ccccc4n2-c2c(C(C)C)cc(-c4ccccc4)cc2C(C)C)[c-]ccc13.[Ir]. The van der Waals surface area contributed by atoms with E-state index >= 15 is 0 Å². The molecule has 0 aliphatic rings. The van der Waals surface area contributed by atoms with Crippen molar-refractivity contribution in [3.05, 3.63) is 169 Å². The van der Waals surface area contributed by atoms with Crippen molar-refractivity contribution in [3.8, 4) is 39.5 Å². The summed E-state index contributed by atoms with van der Waals surface area (Å²) >= 11 is 0. The second-order valence-electron chi connectivity index (χ2n) is 17.9. The molecular formula is C56H49IrN5O2Si-2. The molecule has 0 saturated carbocycles. The number of benzene rings is 5. The molecule has 0 saturated heterocycles. The third kappa shape index (κ3) is 8.14. The van der Waals surface area contributed by atoms with Crippen LogP contribution in [-0.2, 0) is 20.1 Å². The van der Waals surface area contributed by atoms with Crippen molar-refractivity contribution in [3.63, 3.8) is 0 Å². The van der Waals surface area contributed by atoms with Gasteiger partial charge in [-0.15, -0.1) is 54.1 Å². The average Bonchev–Trinajstić information content (AvgIpc) is 4.01. The van der Waals surface area contributed by atoms with Crippen LogP contribution in [0.15, 0.2) is 148 Å². The quantitative estimate of drug-likeness (QED) is 0.117. The molecule has 0 bridgehead atoms. The Bertz CT molecular complexity index is 3590. The number of rotatable bonds is 7. The number of nitrogens with zero attached hydrogens (tertiary/aromatic N) is 5. The molecule has 0 aliphatic heterocycles. The minimum atomic E-state index is -2.34. The Kier molecular flexibility index (Phi) is 10.8. The molecule has 6 aromatic heterocycles. The fraction of sp³-hybridized carbons (Fsp3) is 0.179. The second-order valence-corrected chi connectivity index (χ2v) is 23.0. The summed E-state index contributed by atoms with van der Waals surface area (Å²) in [5, 5.41) is 3.55. The summed E-state index contributed by atoms with van der Waals surface area (Å²) in [7, 11) is -1.23. The smallest absolute Gasteiger partial charge is 0.230 e. The largest absolute Gasteiger partial charge is 0.499 e. The first kappa shape index (κ1) is 40.0. The molecule has 5 aromatic carbocycles. The van der Waals surface area contributed by atoms with Gasteiger partial charge in [-0.3, -0.25) is 4.98 Å². The first-order chi connectivity index (χ1) is 32.1. The molecule has 11 aromatic rings. The number of furan rings is 2. The van der Waals surface area contributed by atoms with E-state index in [0.29, 0.717) is 33.2 Å². The maximum atomic E-state index is 7.76. The van der Waals surface area contributed by atoms with Crippen LogP contribution < -0.4 is 5.19 Å². The number of aryl methyl sites for hydroxylation is 1. The molecule has 6 heterocycles. The van der Waals surface area contributed by atoms with Crippen molar-refractivity contribution >= 4 is 68.6 Å². The summed E-state index contributed by atoms with van der Waals surface area (Å²) in [6.07, 6.45) is 2.02. The third-order valence-electron chi connectivity index (χ3n) is 11.9. The van der Waals surface area contributed by atoms with Crippen LogP contribution in [-0.4, -0.2) is 32.6 Å². The molecule has 325 valence electrons. The van der Waals surface area contributed by atoms with E-state index in [4.69, 9.17) is 22.9 Å². The zero-order valence-corrected chi connectivity index (χ0v) is 40.7. The maximum Gasteiger partial charge on any atom is 0.230 e. The van der Waals surface area contributed by atoms with Gasteiger partial charge in [-0.25, -0.2) is 9.97 Å². The minimum Gasteiger partial charge on any atom is -0.499 e. The number of aromatic nitrogens is 5. The van der Waals surface area contributed by atoms with Gasteiger partial charge in [0.25, 0.3) is 0 Å². The van der Waals surface area contributed by atoms with Crippen molar-refractivity contribution < 1.29 is 33.1 Å². The molecule has 11 rings (SSSR count). The molecule has 0 unspecified atom stereocenters. The Morgan fingerprint density at radius 3 is 2.09 bits per heavy atom. The normalized spacial score (nSPS) is 12.7.